The summed E-state index contributed by atoms with van der Waals surface area (Å²) in [6.45, 7) is 4.75. The molecule has 0 saturated carbocycles. The van der Waals surface area contributed by atoms with E-state index in [1.807, 2.05) is 25.1 Å². The summed E-state index contributed by atoms with van der Waals surface area (Å²) in [6.07, 6.45) is 2.34. The third kappa shape index (κ3) is 6.63. The highest BCUT2D eigenvalue weighted by atomic mass is 35.5. The highest BCUT2D eigenvalue weighted by molar-refractivity contribution is 6.36. The Morgan fingerprint density at radius 2 is 1.60 bits per heavy atom. The molecule has 30 heavy (non-hydrogen) atoms. The van der Waals surface area contributed by atoms with Gasteiger partial charge in [-0.3, -0.25) is 9.59 Å². The topological polar surface area (TPSA) is 49.4 Å². The van der Waals surface area contributed by atoms with Crippen LogP contribution in [0.5, 0.6) is 0 Å². The van der Waals surface area contributed by atoms with Crippen molar-refractivity contribution in [3.63, 3.8) is 0 Å². The zero-order chi connectivity index (χ0) is 22.1. The molecule has 0 aliphatic rings. The van der Waals surface area contributed by atoms with E-state index in [9.17, 15) is 9.59 Å². The van der Waals surface area contributed by atoms with Crippen LogP contribution in [0.15, 0.2) is 42.5 Å². The SMILES string of the molecule is CCCCNC(=O)[C@@H](CC)N(Cc1ccccc1Cl)C(=O)Cc1c(Cl)cccc1Cl. The fourth-order valence-electron chi connectivity index (χ4n) is 3.19. The number of rotatable bonds is 10. The number of halogens is 3. The van der Waals surface area contributed by atoms with Crippen LogP contribution in [0.1, 0.15) is 44.2 Å². The van der Waals surface area contributed by atoms with Crippen LogP contribution < -0.4 is 5.32 Å². The van der Waals surface area contributed by atoms with Gasteiger partial charge in [-0.25, -0.2) is 0 Å². The van der Waals surface area contributed by atoms with Crippen LogP contribution >= 0.6 is 34.8 Å². The van der Waals surface area contributed by atoms with Gasteiger partial charge in [0.1, 0.15) is 6.04 Å². The highest BCUT2D eigenvalue weighted by Gasteiger charge is 2.29. The zero-order valence-electron chi connectivity index (χ0n) is 17.3. The maximum absolute atomic E-state index is 13.4. The number of carbonyl (C=O) groups is 2. The second-order valence-electron chi connectivity index (χ2n) is 7.06. The summed E-state index contributed by atoms with van der Waals surface area (Å²) in [4.78, 5) is 27.8. The molecule has 2 amide bonds. The van der Waals surface area contributed by atoms with Crippen molar-refractivity contribution in [1.29, 1.82) is 0 Å². The van der Waals surface area contributed by atoms with Crippen LogP contribution in [0.3, 0.4) is 0 Å². The summed E-state index contributed by atoms with van der Waals surface area (Å²) in [6, 6.07) is 11.8. The van der Waals surface area contributed by atoms with Gasteiger partial charge in [0.15, 0.2) is 0 Å². The van der Waals surface area contributed by atoms with E-state index in [1.54, 1.807) is 29.2 Å². The average molecular weight is 470 g/mol. The first-order valence-corrected chi connectivity index (χ1v) is 11.3. The summed E-state index contributed by atoms with van der Waals surface area (Å²) < 4.78 is 0. The molecule has 2 aromatic carbocycles. The van der Waals surface area contributed by atoms with Crippen LogP contribution in [0.25, 0.3) is 0 Å². The summed E-state index contributed by atoms with van der Waals surface area (Å²) in [5, 5.41) is 4.34. The smallest absolute Gasteiger partial charge is 0.242 e. The molecule has 0 bridgehead atoms. The number of nitrogens with zero attached hydrogens (tertiary/aromatic N) is 1. The van der Waals surface area contributed by atoms with E-state index in [0.29, 0.717) is 33.6 Å². The van der Waals surface area contributed by atoms with E-state index >= 15 is 0 Å². The van der Waals surface area contributed by atoms with E-state index in [2.05, 4.69) is 12.2 Å². The van der Waals surface area contributed by atoms with Crippen molar-refractivity contribution < 1.29 is 9.59 Å². The lowest BCUT2D eigenvalue weighted by Crippen LogP contribution is -2.49. The number of nitrogens with one attached hydrogen (secondary N) is 1. The van der Waals surface area contributed by atoms with Crippen LogP contribution in [-0.4, -0.2) is 29.3 Å². The Balaban J connectivity index is 2.32. The fourth-order valence-corrected chi connectivity index (χ4v) is 3.92. The molecule has 2 aromatic rings. The molecule has 1 atom stereocenters. The highest BCUT2D eigenvalue weighted by Crippen LogP contribution is 2.27. The first kappa shape index (κ1) is 24.5. The Morgan fingerprint density at radius 3 is 2.20 bits per heavy atom. The Hall–Kier alpha value is -1.75. The van der Waals surface area contributed by atoms with Gasteiger partial charge in [-0.1, -0.05) is 79.3 Å². The number of hydrogen-bond donors (Lipinski definition) is 1. The van der Waals surface area contributed by atoms with Crippen molar-refractivity contribution in [1.82, 2.24) is 10.2 Å². The number of amides is 2. The normalized spacial score (nSPS) is 11.8. The Labute approximate surface area is 193 Å². The standard InChI is InChI=1S/C23H27Cl3N2O2/c1-3-5-13-27-23(30)21(4-2)28(15-16-9-6-7-10-18(16)24)22(29)14-17-19(25)11-8-12-20(17)26/h6-12,21H,3-5,13-15H2,1-2H3,(H,27,30)/t21-/m1/s1. The van der Waals surface area contributed by atoms with Crippen molar-refractivity contribution >= 4 is 46.6 Å². The van der Waals surface area contributed by atoms with E-state index in [0.717, 1.165) is 18.4 Å². The number of unbranched alkanes of at least 4 members (excludes halogenated alkanes) is 1. The second kappa shape index (κ2) is 12.2. The molecular weight excluding hydrogens is 443 g/mol. The minimum Gasteiger partial charge on any atom is -0.354 e. The van der Waals surface area contributed by atoms with Crippen LogP contribution in [0, 0.1) is 0 Å². The summed E-state index contributed by atoms with van der Waals surface area (Å²) >= 11 is 18.9. The van der Waals surface area contributed by atoms with Crippen molar-refractivity contribution in [3.05, 3.63) is 68.7 Å². The van der Waals surface area contributed by atoms with Gasteiger partial charge in [0, 0.05) is 28.2 Å². The molecule has 162 valence electrons. The zero-order valence-corrected chi connectivity index (χ0v) is 19.5. The Kier molecular flexibility index (Phi) is 9.96. The van der Waals surface area contributed by atoms with Crippen molar-refractivity contribution in [3.8, 4) is 0 Å². The molecule has 2 rings (SSSR count). The van der Waals surface area contributed by atoms with Gasteiger partial charge in [-0.2, -0.15) is 0 Å². The molecule has 4 nitrogen and oxygen atoms in total. The van der Waals surface area contributed by atoms with Gasteiger partial charge < -0.3 is 10.2 Å². The predicted octanol–water partition coefficient (Wildman–Crippen LogP) is 5.91. The maximum atomic E-state index is 13.4. The van der Waals surface area contributed by atoms with Crippen LogP contribution in [0.2, 0.25) is 15.1 Å². The molecular formula is C23H27Cl3N2O2. The molecule has 0 aromatic heterocycles. The Bertz CT molecular complexity index is 853. The number of benzene rings is 2. The van der Waals surface area contributed by atoms with Crippen molar-refractivity contribution in [2.24, 2.45) is 0 Å². The lowest BCUT2D eigenvalue weighted by Gasteiger charge is -2.31. The molecule has 0 spiro atoms. The number of hydrogen-bond acceptors (Lipinski definition) is 2. The van der Waals surface area contributed by atoms with Gasteiger partial charge in [-0.05, 0) is 42.2 Å². The monoisotopic (exact) mass is 468 g/mol. The molecule has 0 aliphatic carbocycles. The molecule has 0 heterocycles. The van der Waals surface area contributed by atoms with E-state index in [-0.39, 0.29) is 24.8 Å². The molecule has 0 radical (unpaired) electrons. The van der Waals surface area contributed by atoms with Gasteiger partial charge in [0.05, 0.1) is 6.42 Å². The summed E-state index contributed by atoms with van der Waals surface area (Å²) in [7, 11) is 0. The quantitative estimate of drug-likeness (QED) is 0.440. The van der Waals surface area contributed by atoms with Crippen LogP contribution in [-0.2, 0) is 22.6 Å². The molecule has 0 aliphatic heterocycles. The summed E-state index contributed by atoms with van der Waals surface area (Å²) in [5.41, 5.74) is 1.33. The number of carbonyl (C=O) groups excluding carboxylic acids is 2. The molecule has 0 saturated heterocycles. The lowest BCUT2D eigenvalue weighted by atomic mass is 10.1. The second-order valence-corrected chi connectivity index (χ2v) is 8.28. The molecule has 7 heteroatoms. The first-order chi connectivity index (χ1) is 14.4. The van der Waals surface area contributed by atoms with Crippen molar-refractivity contribution in [2.45, 2.75) is 52.1 Å². The first-order valence-electron chi connectivity index (χ1n) is 10.1. The third-order valence-corrected chi connectivity index (χ3v) is 5.98. The average Bonchev–Trinajstić information content (AvgIpc) is 2.72. The largest absolute Gasteiger partial charge is 0.354 e. The van der Waals surface area contributed by atoms with E-state index in [1.165, 1.54) is 0 Å². The van der Waals surface area contributed by atoms with Crippen molar-refractivity contribution in [2.75, 3.05) is 6.54 Å². The van der Waals surface area contributed by atoms with Gasteiger partial charge in [-0.15, -0.1) is 0 Å². The molecule has 0 unspecified atom stereocenters. The van der Waals surface area contributed by atoms with Gasteiger partial charge >= 0.3 is 0 Å². The van der Waals surface area contributed by atoms with E-state index < -0.39 is 6.04 Å². The minimum absolute atomic E-state index is 0.00169. The predicted molar refractivity (Wildman–Crippen MR) is 124 cm³/mol. The Morgan fingerprint density at radius 1 is 0.967 bits per heavy atom. The maximum Gasteiger partial charge on any atom is 0.242 e. The molecule has 1 N–H and O–H groups in total. The van der Waals surface area contributed by atoms with E-state index in [4.69, 9.17) is 34.8 Å². The van der Waals surface area contributed by atoms with Gasteiger partial charge in [0.25, 0.3) is 0 Å². The summed E-state index contributed by atoms with van der Waals surface area (Å²) in [5.74, 6) is -0.404. The lowest BCUT2D eigenvalue weighted by molar-refractivity contribution is -0.140. The fraction of sp³-hybridized carbons (Fsp3) is 0.391. The molecule has 0 fully saturated rings. The van der Waals surface area contributed by atoms with Crippen LogP contribution in [0.4, 0.5) is 0 Å². The third-order valence-electron chi connectivity index (χ3n) is 4.90. The van der Waals surface area contributed by atoms with Gasteiger partial charge in [0.2, 0.25) is 11.8 Å². The minimum atomic E-state index is -0.619.